The van der Waals surface area contributed by atoms with Crippen LogP contribution in [-0.2, 0) is 0 Å². The van der Waals surface area contributed by atoms with Gasteiger partial charge in [-0.05, 0) is 25.2 Å². The van der Waals surface area contributed by atoms with Crippen molar-refractivity contribution in [1.29, 1.82) is 0 Å². The Hall–Kier alpha value is -0.563. The van der Waals surface area contributed by atoms with E-state index < -0.39 is 8.80 Å². The summed E-state index contributed by atoms with van der Waals surface area (Å²) in [5.74, 6) is 0.962. The first-order chi connectivity index (χ1) is 6.86. The first kappa shape index (κ1) is 11.5. The van der Waals surface area contributed by atoms with Crippen molar-refractivity contribution in [2.24, 2.45) is 5.92 Å². The van der Waals surface area contributed by atoms with Gasteiger partial charge in [-0.25, -0.2) is 0 Å². The van der Waals surface area contributed by atoms with Crippen LogP contribution in [0.1, 0.15) is 32.1 Å². The Balaban J connectivity index is 2.10. The second-order valence-electron chi connectivity index (χ2n) is 4.22. The van der Waals surface area contributed by atoms with E-state index >= 15 is 0 Å². The number of allylic oxidation sites excluding steroid dienone is 2. The number of rotatable bonds is 6. The SMILES string of the molecule is C=C[SiH](C=C)CCCC1CC=CCC1. The van der Waals surface area contributed by atoms with Crippen molar-refractivity contribution < 1.29 is 0 Å². The largest absolute Gasteiger partial charge is 0.107 e. The van der Waals surface area contributed by atoms with Gasteiger partial charge in [0.1, 0.15) is 0 Å². The van der Waals surface area contributed by atoms with Crippen LogP contribution in [0.5, 0.6) is 0 Å². The average molecular weight is 206 g/mol. The molecular weight excluding hydrogens is 184 g/mol. The molecule has 0 aromatic rings. The molecule has 1 heteroatoms. The molecule has 0 saturated heterocycles. The molecule has 0 fully saturated rings. The molecule has 78 valence electrons. The van der Waals surface area contributed by atoms with Gasteiger partial charge in [0, 0.05) is 0 Å². The molecule has 1 rings (SSSR count). The zero-order chi connectivity index (χ0) is 10.2. The topological polar surface area (TPSA) is 0 Å². The summed E-state index contributed by atoms with van der Waals surface area (Å²) >= 11 is 0. The molecule has 0 heterocycles. The monoisotopic (exact) mass is 206 g/mol. The van der Waals surface area contributed by atoms with E-state index in [0.717, 1.165) is 5.92 Å². The normalized spacial score (nSPS) is 21.1. The van der Waals surface area contributed by atoms with Crippen LogP contribution < -0.4 is 0 Å². The molecule has 0 radical (unpaired) electrons. The molecule has 0 N–H and O–H groups in total. The molecule has 0 bridgehead atoms. The van der Waals surface area contributed by atoms with Crippen LogP contribution >= 0.6 is 0 Å². The molecule has 0 amide bonds. The second-order valence-corrected chi connectivity index (χ2v) is 7.06. The lowest BCUT2D eigenvalue weighted by molar-refractivity contribution is 0.440. The Morgan fingerprint density at radius 2 is 2.07 bits per heavy atom. The summed E-state index contributed by atoms with van der Waals surface area (Å²) in [5.41, 5.74) is 4.29. The Bertz CT molecular complexity index is 197. The quantitative estimate of drug-likeness (QED) is 0.458. The van der Waals surface area contributed by atoms with E-state index in [-0.39, 0.29) is 0 Å². The summed E-state index contributed by atoms with van der Waals surface area (Å²) in [7, 11) is -0.754. The summed E-state index contributed by atoms with van der Waals surface area (Å²) in [4.78, 5) is 0. The van der Waals surface area contributed by atoms with Gasteiger partial charge >= 0.3 is 0 Å². The molecule has 1 aliphatic rings. The van der Waals surface area contributed by atoms with Crippen molar-refractivity contribution in [2.45, 2.75) is 38.1 Å². The summed E-state index contributed by atoms with van der Waals surface area (Å²) in [6.07, 6.45) is 11.5. The number of hydrogen-bond donors (Lipinski definition) is 0. The van der Waals surface area contributed by atoms with Crippen LogP contribution in [0.15, 0.2) is 36.7 Å². The van der Waals surface area contributed by atoms with Gasteiger partial charge in [0.05, 0.1) is 8.80 Å². The maximum Gasteiger partial charge on any atom is 0.0838 e. The lowest BCUT2D eigenvalue weighted by Crippen LogP contribution is -2.07. The molecule has 0 spiro atoms. The minimum absolute atomic E-state index is 0.754. The third kappa shape index (κ3) is 4.10. The van der Waals surface area contributed by atoms with Gasteiger partial charge in [-0.15, -0.1) is 24.6 Å². The molecule has 1 atom stereocenters. The highest BCUT2D eigenvalue weighted by Crippen LogP contribution is 2.23. The fourth-order valence-corrected chi connectivity index (χ4v) is 3.46. The molecule has 1 aliphatic carbocycles. The Morgan fingerprint density at radius 3 is 2.64 bits per heavy atom. The second kappa shape index (κ2) is 6.83. The van der Waals surface area contributed by atoms with Crippen LogP contribution in [0.25, 0.3) is 0 Å². The maximum atomic E-state index is 3.88. The lowest BCUT2D eigenvalue weighted by Gasteiger charge is -2.17. The van der Waals surface area contributed by atoms with E-state index in [1.165, 1.54) is 38.1 Å². The molecule has 0 aromatic carbocycles. The molecule has 0 aromatic heterocycles. The fourth-order valence-electron chi connectivity index (χ4n) is 2.09. The summed E-state index contributed by atoms with van der Waals surface area (Å²) in [6.45, 7) is 7.75. The molecule has 0 aliphatic heterocycles. The molecule has 1 unspecified atom stereocenters. The van der Waals surface area contributed by atoms with Gasteiger partial charge in [0.2, 0.25) is 0 Å². The van der Waals surface area contributed by atoms with Crippen LogP contribution in [0.4, 0.5) is 0 Å². The van der Waals surface area contributed by atoms with Crippen molar-refractivity contribution in [3.63, 3.8) is 0 Å². The van der Waals surface area contributed by atoms with Gasteiger partial charge in [0.25, 0.3) is 0 Å². The van der Waals surface area contributed by atoms with Crippen molar-refractivity contribution in [2.75, 3.05) is 0 Å². The van der Waals surface area contributed by atoms with Crippen molar-refractivity contribution >= 4 is 8.80 Å². The Morgan fingerprint density at radius 1 is 1.29 bits per heavy atom. The lowest BCUT2D eigenvalue weighted by atomic mass is 9.91. The highest BCUT2D eigenvalue weighted by molar-refractivity contribution is 6.69. The smallest absolute Gasteiger partial charge is 0.0838 e. The van der Waals surface area contributed by atoms with Crippen molar-refractivity contribution in [1.82, 2.24) is 0 Å². The van der Waals surface area contributed by atoms with E-state index in [1.807, 2.05) is 0 Å². The van der Waals surface area contributed by atoms with Crippen LogP contribution in [0.2, 0.25) is 6.04 Å². The van der Waals surface area contributed by atoms with E-state index in [4.69, 9.17) is 0 Å². The van der Waals surface area contributed by atoms with Crippen molar-refractivity contribution in [3.05, 3.63) is 36.7 Å². The van der Waals surface area contributed by atoms with Gasteiger partial charge in [0.15, 0.2) is 0 Å². The first-order valence-corrected chi connectivity index (χ1v) is 7.92. The maximum absolute atomic E-state index is 3.88. The minimum Gasteiger partial charge on any atom is -0.107 e. The van der Waals surface area contributed by atoms with E-state index in [9.17, 15) is 0 Å². The minimum atomic E-state index is -0.754. The van der Waals surface area contributed by atoms with Crippen LogP contribution in [-0.4, -0.2) is 8.80 Å². The highest BCUT2D eigenvalue weighted by Gasteiger charge is 2.10. The zero-order valence-electron chi connectivity index (χ0n) is 9.12. The van der Waals surface area contributed by atoms with Gasteiger partial charge in [-0.2, -0.15) is 0 Å². The number of hydrogen-bond acceptors (Lipinski definition) is 0. The van der Waals surface area contributed by atoms with Crippen molar-refractivity contribution in [3.8, 4) is 0 Å². The van der Waals surface area contributed by atoms with E-state index in [1.54, 1.807) is 0 Å². The zero-order valence-corrected chi connectivity index (χ0v) is 10.3. The van der Waals surface area contributed by atoms with Gasteiger partial charge in [-0.3, -0.25) is 0 Å². The van der Waals surface area contributed by atoms with Gasteiger partial charge in [-0.1, -0.05) is 31.0 Å². The third-order valence-corrected chi connectivity index (χ3v) is 5.42. The molecule has 0 nitrogen and oxygen atoms in total. The summed E-state index contributed by atoms with van der Waals surface area (Å²) in [5, 5.41) is 0. The predicted molar refractivity (Wildman–Crippen MR) is 68.1 cm³/mol. The molecular formula is C13H22Si. The first-order valence-electron chi connectivity index (χ1n) is 5.77. The highest BCUT2D eigenvalue weighted by atomic mass is 28.3. The van der Waals surface area contributed by atoms with Gasteiger partial charge < -0.3 is 0 Å². The van der Waals surface area contributed by atoms with E-state index in [0.29, 0.717) is 0 Å². The predicted octanol–water partition coefficient (Wildman–Crippen LogP) is 3.80. The standard InChI is InChI=1S/C13H22Si/c1-3-14(4-2)12-8-11-13-9-6-5-7-10-13/h3-6,13-14H,1-2,7-12H2. The van der Waals surface area contributed by atoms with Crippen LogP contribution in [0.3, 0.4) is 0 Å². The Kier molecular flexibility index (Phi) is 5.61. The third-order valence-electron chi connectivity index (χ3n) is 3.13. The summed E-state index contributed by atoms with van der Waals surface area (Å²) < 4.78 is 0. The average Bonchev–Trinajstić information content (AvgIpc) is 2.26. The molecule has 0 saturated carbocycles. The Labute approximate surface area is 90.0 Å². The molecule has 14 heavy (non-hydrogen) atoms. The summed E-state index contributed by atoms with van der Waals surface area (Å²) in [6, 6.07) is 1.37. The van der Waals surface area contributed by atoms with E-state index in [2.05, 4.69) is 36.7 Å². The fraction of sp³-hybridized carbons (Fsp3) is 0.538. The van der Waals surface area contributed by atoms with Crippen LogP contribution in [0, 0.1) is 5.92 Å².